The second-order valence-corrected chi connectivity index (χ2v) is 7.69. The molecule has 0 saturated carbocycles. The number of rotatable bonds is 6. The zero-order valence-corrected chi connectivity index (χ0v) is 13.4. The van der Waals surface area contributed by atoms with Gasteiger partial charge in [0.05, 0.1) is 5.60 Å². The van der Waals surface area contributed by atoms with Crippen molar-refractivity contribution >= 4 is 32.4 Å². The minimum absolute atomic E-state index is 0.0106. The maximum Gasteiger partial charge on any atom is 0.249 e. The van der Waals surface area contributed by atoms with Gasteiger partial charge in [-0.2, -0.15) is 4.37 Å². The van der Waals surface area contributed by atoms with Crippen LogP contribution in [-0.4, -0.2) is 50.4 Å². The summed E-state index contributed by atoms with van der Waals surface area (Å²) in [4.78, 5) is 0.0226. The molecule has 0 fully saturated rings. The summed E-state index contributed by atoms with van der Waals surface area (Å²) in [5.41, 5.74) is 5.24. The van der Waals surface area contributed by atoms with Gasteiger partial charge in [0.15, 0.2) is 10.7 Å². The van der Waals surface area contributed by atoms with Crippen molar-refractivity contribution in [1.29, 1.82) is 0 Å². The highest BCUT2D eigenvalue weighted by Gasteiger charge is 2.28. The van der Waals surface area contributed by atoms with Crippen molar-refractivity contribution in [3.8, 4) is 0 Å². The van der Waals surface area contributed by atoms with E-state index in [1.807, 2.05) is 13.8 Å². The van der Waals surface area contributed by atoms with Crippen molar-refractivity contribution in [3.63, 3.8) is 0 Å². The molecule has 7 nitrogen and oxygen atoms in total. The van der Waals surface area contributed by atoms with Crippen molar-refractivity contribution in [1.82, 2.24) is 8.68 Å². The number of methoxy groups -OCH3 is 1. The molecule has 1 heterocycles. The van der Waals surface area contributed by atoms with Crippen LogP contribution in [0, 0.1) is 0 Å². The van der Waals surface area contributed by atoms with E-state index in [4.69, 9.17) is 10.5 Å². The van der Waals surface area contributed by atoms with E-state index >= 15 is 0 Å². The second-order valence-electron chi connectivity index (χ2n) is 4.83. The fraction of sp³-hybridized carbons (Fsp3) is 0.700. The lowest BCUT2D eigenvalue weighted by Gasteiger charge is -2.23. The molecule has 0 spiro atoms. The average molecular weight is 308 g/mol. The molecule has 9 heteroatoms. The van der Waals surface area contributed by atoms with E-state index in [1.54, 1.807) is 7.11 Å². The first-order valence-corrected chi connectivity index (χ1v) is 7.80. The molecule has 0 aliphatic rings. The Labute approximate surface area is 118 Å². The van der Waals surface area contributed by atoms with Crippen LogP contribution in [0.4, 0.5) is 10.8 Å². The number of sulfonamides is 1. The number of anilines is 2. The molecule has 0 unspecified atom stereocenters. The molecule has 0 saturated heterocycles. The quantitative estimate of drug-likeness (QED) is 0.807. The van der Waals surface area contributed by atoms with Crippen molar-refractivity contribution < 1.29 is 13.2 Å². The summed E-state index contributed by atoms with van der Waals surface area (Å²) in [5, 5.41) is 3.46. The van der Waals surface area contributed by atoms with Gasteiger partial charge in [-0.3, -0.25) is 0 Å². The van der Waals surface area contributed by atoms with Crippen LogP contribution >= 0.6 is 11.5 Å². The molecule has 0 radical (unpaired) electrons. The van der Waals surface area contributed by atoms with Crippen molar-refractivity contribution in [2.24, 2.45) is 0 Å². The van der Waals surface area contributed by atoms with Gasteiger partial charge >= 0.3 is 0 Å². The highest BCUT2D eigenvalue weighted by atomic mass is 32.2. The summed E-state index contributed by atoms with van der Waals surface area (Å²) in [7, 11) is 0.888. The Hall–Kier alpha value is -0.900. The predicted octanol–water partition coefficient (Wildman–Crippen LogP) is 0.813. The smallest absolute Gasteiger partial charge is 0.249 e. The maximum absolute atomic E-state index is 12.2. The Morgan fingerprint density at radius 3 is 2.53 bits per heavy atom. The largest absolute Gasteiger partial charge is 0.382 e. The van der Waals surface area contributed by atoms with Gasteiger partial charge in [0.25, 0.3) is 0 Å². The summed E-state index contributed by atoms with van der Waals surface area (Å²) in [6, 6.07) is 0. The molecule has 19 heavy (non-hydrogen) atoms. The number of nitrogens with one attached hydrogen (secondary N) is 1. The first kappa shape index (κ1) is 16.2. The standard InChI is InChI=1S/C10H20N4O3S2/c1-10(2,17-5)6-12-9-7(8(11)13-18-9)19(15,16)14(3)4/h12H,6H2,1-5H3,(H2,11,13). The van der Waals surface area contributed by atoms with Crippen molar-refractivity contribution in [3.05, 3.63) is 0 Å². The summed E-state index contributed by atoms with van der Waals surface area (Å²) >= 11 is 1.02. The highest BCUT2D eigenvalue weighted by molar-refractivity contribution is 7.89. The normalized spacial score (nSPS) is 12.9. The highest BCUT2D eigenvalue weighted by Crippen LogP contribution is 2.33. The third-order valence-corrected chi connectivity index (χ3v) is 5.48. The molecule has 0 bridgehead atoms. The molecule has 0 aliphatic heterocycles. The number of aromatic nitrogens is 1. The first-order valence-electron chi connectivity index (χ1n) is 5.58. The molecular weight excluding hydrogens is 288 g/mol. The molecule has 0 aromatic carbocycles. The predicted molar refractivity (Wildman–Crippen MR) is 77.0 cm³/mol. The number of hydrogen-bond donors (Lipinski definition) is 2. The van der Waals surface area contributed by atoms with Gasteiger partial charge in [-0.15, -0.1) is 0 Å². The summed E-state index contributed by atoms with van der Waals surface area (Å²) in [5.74, 6) is 0.0106. The lowest BCUT2D eigenvalue weighted by atomic mass is 10.1. The van der Waals surface area contributed by atoms with Gasteiger partial charge in [-0.1, -0.05) is 0 Å². The number of nitrogens with zero attached hydrogens (tertiary/aromatic N) is 2. The number of hydrogen-bond acceptors (Lipinski definition) is 7. The zero-order chi connectivity index (χ0) is 14.8. The van der Waals surface area contributed by atoms with E-state index in [0.29, 0.717) is 11.5 Å². The minimum atomic E-state index is -3.62. The van der Waals surface area contributed by atoms with Gasteiger partial charge in [-0.25, -0.2) is 12.7 Å². The number of ether oxygens (including phenoxy) is 1. The van der Waals surface area contributed by atoms with Gasteiger partial charge in [0, 0.05) is 27.7 Å². The van der Waals surface area contributed by atoms with Crippen LogP contribution < -0.4 is 11.1 Å². The molecule has 0 amide bonds. The monoisotopic (exact) mass is 308 g/mol. The molecule has 110 valence electrons. The molecule has 0 aliphatic carbocycles. The lowest BCUT2D eigenvalue weighted by molar-refractivity contribution is 0.0344. The van der Waals surface area contributed by atoms with Gasteiger partial charge in [0.2, 0.25) is 10.0 Å². The SMILES string of the molecule is COC(C)(C)CNc1snc(N)c1S(=O)(=O)N(C)C. The molecular formula is C10H20N4O3S2. The van der Waals surface area contributed by atoms with E-state index in [0.717, 1.165) is 15.8 Å². The zero-order valence-electron chi connectivity index (χ0n) is 11.7. The third kappa shape index (κ3) is 3.56. The van der Waals surface area contributed by atoms with Crippen molar-refractivity contribution in [2.75, 3.05) is 38.8 Å². The van der Waals surface area contributed by atoms with Gasteiger partial charge in [0.1, 0.15) is 5.00 Å². The Morgan fingerprint density at radius 2 is 2.05 bits per heavy atom. The lowest BCUT2D eigenvalue weighted by Crippen LogP contribution is -2.32. The van der Waals surface area contributed by atoms with E-state index in [1.165, 1.54) is 14.1 Å². The van der Waals surface area contributed by atoms with Crippen LogP contribution in [0.3, 0.4) is 0 Å². The summed E-state index contributed by atoms with van der Waals surface area (Å²) in [6.07, 6.45) is 0. The maximum atomic E-state index is 12.2. The topological polar surface area (TPSA) is 97.5 Å². The fourth-order valence-corrected chi connectivity index (χ4v) is 3.28. The van der Waals surface area contributed by atoms with Crippen LogP contribution in [0.2, 0.25) is 0 Å². The van der Waals surface area contributed by atoms with Crippen LogP contribution in [0.1, 0.15) is 13.8 Å². The van der Waals surface area contributed by atoms with Crippen molar-refractivity contribution in [2.45, 2.75) is 24.3 Å². The second kappa shape index (κ2) is 5.61. The van der Waals surface area contributed by atoms with Crippen LogP contribution in [0.25, 0.3) is 0 Å². The molecule has 1 rings (SSSR count). The Kier molecular flexibility index (Phi) is 4.77. The summed E-state index contributed by atoms with van der Waals surface area (Å²) in [6.45, 7) is 4.23. The van der Waals surface area contributed by atoms with Crippen LogP contribution in [-0.2, 0) is 14.8 Å². The minimum Gasteiger partial charge on any atom is -0.382 e. The van der Waals surface area contributed by atoms with E-state index < -0.39 is 15.6 Å². The van der Waals surface area contributed by atoms with Crippen LogP contribution in [0.5, 0.6) is 0 Å². The molecule has 0 atom stereocenters. The van der Waals surface area contributed by atoms with E-state index in [2.05, 4.69) is 9.69 Å². The average Bonchev–Trinajstić information content (AvgIpc) is 2.68. The number of nitrogens with two attached hydrogens (primary N) is 1. The Balaban J connectivity index is 3.06. The van der Waals surface area contributed by atoms with Gasteiger partial charge in [-0.05, 0) is 25.4 Å². The first-order chi connectivity index (χ1) is 8.62. The Bertz CT molecular complexity index is 537. The molecule has 3 N–H and O–H groups in total. The molecule has 1 aromatic rings. The van der Waals surface area contributed by atoms with E-state index in [9.17, 15) is 8.42 Å². The third-order valence-electron chi connectivity index (χ3n) is 2.64. The van der Waals surface area contributed by atoms with Gasteiger partial charge < -0.3 is 15.8 Å². The molecule has 1 aromatic heterocycles. The fourth-order valence-electron chi connectivity index (χ4n) is 1.20. The van der Waals surface area contributed by atoms with E-state index in [-0.39, 0.29) is 10.7 Å². The number of nitrogen functional groups attached to an aromatic ring is 1. The Morgan fingerprint density at radius 1 is 1.47 bits per heavy atom. The van der Waals surface area contributed by atoms with Crippen LogP contribution in [0.15, 0.2) is 4.90 Å². The summed E-state index contributed by atoms with van der Waals surface area (Å²) < 4.78 is 34.6.